The summed E-state index contributed by atoms with van der Waals surface area (Å²) in [5, 5.41) is 19.4. The highest BCUT2D eigenvalue weighted by atomic mass is 31.2. The van der Waals surface area contributed by atoms with E-state index in [-0.39, 0.29) is 29.8 Å². The number of imidazole rings is 1. The lowest BCUT2D eigenvalue weighted by Crippen LogP contribution is -2.55. The SMILES string of the molecule is N.N.NC(O)[C@H]1O[C@@H](n2cnc3c(=O)[nH]cnc32)C[C@]1(N)O.O=P(O)(O)O.O=P(O)(O)O. The van der Waals surface area contributed by atoms with Crippen LogP contribution in [0.4, 0.5) is 0 Å². The number of hydrogen-bond acceptors (Lipinski definition) is 12. The van der Waals surface area contributed by atoms with E-state index in [1.54, 1.807) is 0 Å². The van der Waals surface area contributed by atoms with E-state index in [1.165, 1.54) is 17.2 Å². The Morgan fingerprint density at radius 3 is 2.03 bits per heavy atom. The van der Waals surface area contributed by atoms with Crippen LogP contribution < -0.4 is 29.3 Å². The van der Waals surface area contributed by atoms with Crippen molar-refractivity contribution in [3.63, 3.8) is 0 Å². The third-order valence-electron chi connectivity index (χ3n) is 3.28. The lowest BCUT2D eigenvalue weighted by Gasteiger charge is -2.24. The van der Waals surface area contributed by atoms with E-state index >= 15 is 0 Å². The van der Waals surface area contributed by atoms with Crippen LogP contribution in [0.2, 0.25) is 0 Å². The zero-order valence-electron chi connectivity index (χ0n) is 16.1. The smallest absolute Gasteiger partial charge is 0.376 e. The molecule has 0 bridgehead atoms. The molecule has 2 aromatic heterocycles. The van der Waals surface area contributed by atoms with Crippen LogP contribution >= 0.6 is 15.6 Å². The molecule has 1 unspecified atom stereocenters. The van der Waals surface area contributed by atoms with Crippen LogP contribution in [0.5, 0.6) is 0 Å². The Morgan fingerprint density at radius 1 is 1.16 bits per heavy atom. The largest absolute Gasteiger partial charge is 0.466 e. The number of aromatic nitrogens is 4. The van der Waals surface area contributed by atoms with Crippen molar-refractivity contribution in [1.82, 2.24) is 31.8 Å². The fourth-order valence-electron chi connectivity index (χ4n) is 2.34. The minimum atomic E-state index is -4.64. The average Bonchev–Trinajstić information content (AvgIpc) is 3.05. The molecule has 32 heavy (non-hydrogen) atoms. The van der Waals surface area contributed by atoms with E-state index in [0.717, 1.165) is 0 Å². The molecule has 0 amide bonds. The van der Waals surface area contributed by atoms with Crippen molar-refractivity contribution in [3.05, 3.63) is 23.0 Å². The van der Waals surface area contributed by atoms with Crippen molar-refractivity contribution in [3.8, 4) is 0 Å². The molecule has 1 aliphatic rings. The quantitative estimate of drug-likeness (QED) is 0.134. The maximum atomic E-state index is 11.6. The zero-order chi connectivity index (χ0) is 23.5. The summed E-state index contributed by atoms with van der Waals surface area (Å²) in [7, 11) is -9.28. The van der Waals surface area contributed by atoms with Crippen LogP contribution in [-0.2, 0) is 13.9 Å². The summed E-state index contributed by atoms with van der Waals surface area (Å²) >= 11 is 0. The first-order valence-electron chi connectivity index (χ1n) is 7.47. The number of fused-ring (bicyclic) bond motifs is 1. The Bertz CT molecular complexity index is 963. The summed E-state index contributed by atoms with van der Waals surface area (Å²) in [5.74, 6) is 0. The van der Waals surface area contributed by atoms with Crippen molar-refractivity contribution in [2.24, 2.45) is 11.5 Å². The molecule has 1 aliphatic heterocycles. The fourth-order valence-corrected chi connectivity index (χ4v) is 2.34. The molecule has 188 valence electrons. The van der Waals surface area contributed by atoms with Crippen LogP contribution in [0.25, 0.3) is 11.2 Å². The third-order valence-corrected chi connectivity index (χ3v) is 3.28. The third kappa shape index (κ3) is 10.7. The number of nitrogens with one attached hydrogen (secondary N) is 1. The number of aliphatic hydroxyl groups is 2. The molecule has 2 aromatic rings. The van der Waals surface area contributed by atoms with Crippen molar-refractivity contribution < 1.29 is 53.4 Å². The van der Waals surface area contributed by atoms with Gasteiger partial charge in [0.1, 0.15) is 24.3 Å². The molecule has 19 N–H and O–H groups in total. The van der Waals surface area contributed by atoms with Crippen molar-refractivity contribution >= 4 is 26.8 Å². The molecule has 4 atom stereocenters. The summed E-state index contributed by atoms with van der Waals surface area (Å²) < 4.78 is 24.7. The van der Waals surface area contributed by atoms with Gasteiger partial charge in [-0.2, -0.15) is 0 Å². The molecule has 1 fully saturated rings. The minimum absolute atomic E-state index is 0. The first kappa shape index (κ1) is 32.5. The molecular weight excluding hydrogens is 486 g/mol. The monoisotopic (exact) mass is 512 g/mol. The molecule has 0 spiro atoms. The first-order valence-corrected chi connectivity index (χ1v) is 10.6. The number of aromatic amines is 1. The number of ether oxygens (including phenoxy) is 1. The number of H-pyrrole nitrogens is 1. The Morgan fingerprint density at radius 2 is 1.62 bits per heavy atom. The average molecular weight is 512 g/mol. The summed E-state index contributed by atoms with van der Waals surface area (Å²) in [6, 6.07) is 0. The van der Waals surface area contributed by atoms with Gasteiger partial charge in [0.2, 0.25) is 0 Å². The van der Waals surface area contributed by atoms with Gasteiger partial charge in [0.15, 0.2) is 11.2 Å². The van der Waals surface area contributed by atoms with Crippen molar-refractivity contribution in [1.29, 1.82) is 0 Å². The molecule has 0 radical (unpaired) electrons. The Labute approximate surface area is 178 Å². The van der Waals surface area contributed by atoms with Gasteiger partial charge in [0.25, 0.3) is 5.56 Å². The molecule has 3 rings (SSSR count). The number of phosphoric acid groups is 2. The van der Waals surface area contributed by atoms with Gasteiger partial charge in [-0.15, -0.1) is 0 Å². The Hall–Kier alpha value is -1.71. The second-order valence-corrected chi connectivity index (χ2v) is 7.83. The molecule has 0 aromatic carbocycles. The Balaban J connectivity index is 0. The fraction of sp³-hybridized carbons (Fsp3) is 0.500. The summed E-state index contributed by atoms with van der Waals surface area (Å²) in [5.41, 5.74) is 9.26. The van der Waals surface area contributed by atoms with Gasteiger partial charge in [-0.3, -0.25) is 9.36 Å². The van der Waals surface area contributed by atoms with Crippen LogP contribution in [-0.4, -0.2) is 77.1 Å². The van der Waals surface area contributed by atoms with Crippen LogP contribution in [0.1, 0.15) is 12.6 Å². The van der Waals surface area contributed by atoms with Crippen LogP contribution in [0.3, 0.4) is 0 Å². The lowest BCUT2D eigenvalue weighted by atomic mass is 10.1. The lowest BCUT2D eigenvalue weighted by molar-refractivity contribution is -0.111. The number of aliphatic hydroxyl groups excluding tert-OH is 1. The number of rotatable bonds is 2. The Kier molecular flexibility index (Phi) is 12.1. The van der Waals surface area contributed by atoms with Gasteiger partial charge in [-0.1, -0.05) is 0 Å². The van der Waals surface area contributed by atoms with E-state index in [9.17, 15) is 15.0 Å². The maximum Gasteiger partial charge on any atom is 0.466 e. The second-order valence-electron chi connectivity index (χ2n) is 5.78. The van der Waals surface area contributed by atoms with Gasteiger partial charge in [-0.25, -0.2) is 19.1 Å². The molecule has 0 aliphatic carbocycles. The molecule has 20 nitrogen and oxygen atoms in total. The minimum Gasteiger partial charge on any atom is -0.376 e. The zero-order valence-corrected chi connectivity index (χ0v) is 17.9. The van der Waals surface area contributed by atoms with Crippen LogP contribution in [0.15, 0.2) is 17.4 Å². The molecule has 0 saturated carbocycles. The maximum absolute atomic E-state index is 11.6. The molecular formula is C10H26N8O12P2. The van der Waals surface area contributed by atoms with E-state index < -0.39 is 39.9 Å². The van der Waals surface area contributed by atoms with Gasteiger partial charge >= 0.3 is 15.6 Å². The number of nitrogens with two attached hydrogens (primary N) is 2. The van der Waals surface area contributed by atoms with Crippen LogP contribution in [0, 0.1) is 0 Å². The summed E-state index contributed by atoms with van der Waals surface area (Å²) in [6.45, 7) is 0. The molecule has 1 saturated heterocycles. The highest BCUT2D eigenvalue weighted by Gasteiger charge is 2.48. The topological polar surface area (TPSA) is 391 Å². The second kappa shape index (κ2) is 12.0. The van der Waals surface area contributed by atoms with E-state index in [0.29, 0.717) is 5.65 Å². The van der Waals surface area contributed by atoms with E-state index in [1.807, 2.05) is 0 Å². The summed E-state index contributed by atoms with van der Waals surface area (Å²) in [6.07, 6.45) is -0.729. The normalized spacial score (nSPS) is 23.6. The standard InChI is InChI=1S/C10H14N6O4.2H3N.2H3O4P/c11-7(17)6-10(12,19)1-4(20-6)16-3-15-5-8(16)13-2-14-9(5)18;;;2*1-5(2,3)4/h2-4,6-7,17,19H,1,11-12H2,(H,13,14,18);2*1H3;2*(H3,1,2,3,4)/t4-,6-,7?,10+;;;;/m1..../s1. The summed E-state index contributed by atoms with van der Waals surface area (Å²) in [4.78, 5) is 65.0. The predicted octanol–water partition coefficient (Wildman–Crippen LogP) is -4.20. The van der Waals surface area contributed by atoms with E-state index in [4.69, 9.17) is 54.7 Å². The highest BCUT2D eigenvalue weighted by Crippen LogP contribution is 2.35. The molecule has 3 heterocycles. The number of nitrogens with zero attached hydrogens (tertiary/aromatic N) is 3. The van der Waals surface area contributed by atoms with Gasteiger partial charge in [-0.05, 0) is 0 Å². The number of hydrogen-bond donors (Lipinski definition) is 13. The first-order chi connectivity index (χ1) is 13.4. The van der Waals surface area contributed by atoms with Gasteiger partial charge in [0.05, 0.1) is 12.7 Å². The highest BCUT2D eigenvalue weighted by molar-refractivity contribution is 7.45. The van der Waals surface area contributed by atoms with Gasteiger partial charge in [0, 0.05) is 6.42 Å². The van der Waals surface area contributed by atoms with Crippen molar-refractivity contribution in [2.75, 3.05) is 0 Å². The van der Waals surface area contributed by atoms with Crippen molar-refractivity contribution in [2.45, 2.75) is 30.7 Å². The van der Waals surface area contributed by atoms with Gasteiger partial charge < -0.3 is 73.1 Å². The predicted molar refractivity (Wildman–Crippen MR) is 105 cm³/mol. The van der Waals surface area contributed by atoms with E-state index in [2.05, 4.69) is 15.0 Å². The molecule has 22 heteroatoms.